The van der Waals surface area contributed by atoms with Gasteiger partial charge >= 0.3 is 17.9 Å². The molecule has 0 bridgehead atoms. The van der Waals surface area contributed by atoms with E-state index in [-0.39, 0.29) is 27.0 Å². The van der Waals surface area contributed by atoms with Crippen LogP contribution in [-0.4, -0.2) is 57.7 Å². The highest BCUT2D eigenvalue weighted by Crippen LogP contribution is 2.32. The van der Waals surface area contributed by atoms with E-state index in [1.165, 1.54) is 0 Å². The van der Waals surface area contributed by atoms with E-state index >= 15 is 0 Å². The van der Waals surface area contributed by atoms with E-state index in [0.717, 1.165) is 25.9 Å². The maximum Gasteiger partial charge on any atom is 0.319 e. The fourth-order valence-electron chi connectivity index (χ4n) is 2.81. The maximum absolute atomic E-state index is 13.1. The number of ether oxygens (including phenoxy) is 3. The molecule has 0 saturated carbocycles. The average molecular weight is 623 g/mol. The SMILES string of the molecule is CC(I)C(=O)OCC(C)(COC(=O)C(C)I)C(=O)OC(C)(C)C1CCNCC1. The minimum absolute atomic E-state index is 0.205. The first-order valence-electron chi connectivity index (χ1n) is 9.44. The molecule has 0 aromatic carbocycles. The number of halogens is 2. The molecule has 0 aliphatic carbocycles. The van der Waals surface area contributed by atoms with Gasteiger partial charge in [-0.15, -0.1) is 0 Å². The van der Waals surface area contributed by atoms with E-state index in [1.54, 1.807) is 20.8 Å². The fraction of sp³-hybridized carbons (Fsp3) is 0.842. The Hall–Kier alpha value is -0.170. The molecule has 0 spiro atoms. The summed E-state index contributed by atoms with van der Waals surface area (Å²) in [4.78, 5) is 36.9. The van der Waals surface area contributed by atoms with Crippen molar-refractivity contribution in [2.24, 2.45) is 11.3 Å². The van der Waals surface area contributed by atoms with Gasteiger partial charge in [0.1, 0.15) is 32.1 Å². The second-order valence-electron chi connectivity index (χ2n) is 8.03. The Morgan fingerprint density at radius 2 is 1.39 bits per heavy atom. The van der Waals surface area contributed by atoms with Gasteiger partial charge in [0.05, 0.1) is 0 Å². The molecule has 2 atom stereocenters. The van der Waals surface area contributed by atoms with Crippen LogP contribution in [0.3, 0.4) is 0 Å². The summed E-state index contributed by atoms with van der Waals surface area (Å²) >= 11 is 3.89. The van der Waals surface area contributed by atoms with E-state index in [0.29, 0.717) is 0 Å². The molecule has 0 aromatic rings. The van der Waals surface area contributed by atoms with E-state index in [4.69, 9.17) is 14.2 Å². The molecule has 1 rings (SSSR count). The molecule has 9 heteroatoms. The lowest BCUT2D eigenvalue weighted by Crippen LogP contribution is -2.48. The molecule has 1 aliphatic rings. The first kappa shape index (κ1) is 25.9. The van der Waals surface area contributed by atoms with Crippen molar-refractivity contribution in [3.05, 3.63) is 0 Å². The van der Waals surface area contributed by atoms with Gasteiger partial charge in [-0.3, -0.25) is 14.4 Å². The number of alkyl halides is 2. The zero-order valence-electron chi connectivity index (χ0n) is 17.2. The summed E-state index contributed by atoms with van der Waals surface area (Å²) in [5.74, 6) is -1.15. The number of rotatable bonds is 9. The summed E-state index contributed by atoms with van der Waals surface area (Å²) in [6, 6.07) is 0. The Kier molecular flexibility index (Phi) is 10.4. The Morgan fingerprint density at radius 3 is 1.79 bits per heavy atom. The van der Waals surface area contributed by atoms with Crippen molar-refractivity contribution < 1.29 is 28.6 Å². The molecular weight excluding hydrogens is 592 g/mol. The Morgan fingerprint density at radius 1 is 0.964 bits per heavy atom. The number of hydrogen-bond donors (Lipinski definition) is 1. The predicted octanol–water partition coefficient (Wildman–Crippen LogP) is 3.05. The summed E-state index contributed by atoms with van der Waals surface area (Å²) in [6.07, 6.45) is 1.83. The summed E-state index contributed by atoms with van der Waals surface area (Å²) < 4.78 is 15.8. The van der Waals surface area contributed by atoms with Gasteiger partial charge in [-0.1, -0.05) is 45.2 Å². The van der Waals surface area contributed by atoms with E-state index in [9.17, 15) is 14.4 Å². The minimum atomic E-state index is -1.27. The lowest BCUT2D eigenvalue weighted by Gasteiger charge is -2.39. The van der Waals surface area contributed by atoms with Crippen LogP contribution in [0, 0.1) is 11.3 Å². The molecule has 28 heavy (non-hydrogen) atoms. The predicted molar refractivity (Wildman–Crippen MR) is 123 cm³/mol. The number of nitrogens with one attached hydrogen (secondary N) is 1. The molecule has 1 heterocycles. The largest absolute Gasteiger partial charge is 0.464 e. The van der Waals surface area contributed by atoms with Crippen LogP contribution >= 0.6 is 45.2 Å². The van der Waals surface area contributed by atoms with E-state index in [1.807, 2.05) is 59.0 Å². The molecular formula is C19H31I2NO6. The summed E-state index contributed by atoms with van der Waals surface area (Å²) in [5, 5.41) is 3.30. The average Bonchev–Trinajstić information content (AvgIpc) is 2.64. The second-order valence-corrected chi connectivity index (χ2v) is 11.8. The van der Waals surface area contributed by atoms with Gasteiger partial charge in [0.25, 0.3) is 0 Å². The van der Waals surface area contributed by atoms with Crippen LogP contribution < -0.4 is 5.32 Å². The van der Waals surface area contributed by atoms with Gasteiger partial charge in [0, 0.05) is 5.92 Å². The number of carbonyl (C=O) groups is 3. The number of hydrogen-bond acceptors (Lipinski definition) is 7. The molecule has 1 saturated heterocycles. The normalized spacial score (nSPS) is 19.8. The van der Waals surface area contributed by atoms with E-state index < -0.39 is 28.9 Å². The summed E-state index contributed by atoms with van der Waals surface area (Å²) in [7, 11) is 0. The lowest BCUT2D eigenvalue weighted by atomic mass is 9.83. The van der Waals surface area contributed by atoms with Crippen molar-refractivity contribution >= 4 is 63.1 Å². The lowest BCUT2D eigenvalue weighted by molar-refractivity contribution is -0.184. The van der Waals surface area contributed by atoms with E-state index in [2.05, 4.69) is 5.32 Å². The summed E-state index contributed by atoms with van der Waals surface area (Å²) in [5.41, 5.74) is -1.94. The molecule has 2 unspecified atom stereocenters. The highest BCUT2D eigenvalue weighted by Gasteiger charge is 2.43. The summed E-state index contributed by atoms with van der Waals surface area (Å²) in [6.45, 7) is 10.2. The Balaban J connectivity index is 2.89. The first-order chi connectivity index (χ1) is 12.9. The van der Waals surface area contributed by atoms with Gasteiger partial charge in [-0.05, 0) is 60.5 Å². The van der Waals surface area contributed by atoms with Crippen molar-refractivity contribution in [3.8, 4) is 0 Å². The van der Waals surface area contributed by atoms with Gasteiger partial charge in [-0.25, -0.2) is 0 Å². The van der Waals surface area contributed by atoms with Gasteiger partial charge in [0.15, 0.2) is 0 Å². The standard InChI is InChI=1S/C19H31I2NO6/c1-12(20)15(23)26-10-19(5,11-27-16(24)13(2)21)17(25)28-18(3,4)14-6-8-22-9-7-14/h12-14,22H,6-11H2,1-5H3. The zero-order valence-corrected chi connectivity index (χ0v) is 21.5. The van der Waals surface area contributed by atoms with Crippen LogP contribution in [0.15, 0.2) is 0 Å². The zero-order chi connectivity index (χ0) is 21.5. The van der Waals surface area contributed by atoms with Crippen molar-refractivity contribution in [2.75, 3.05) is 26.3 Å². The number of esters is 3. The maximum atomic E-state index is 13.1. The quantitative estimate of drug-likeness (QED) is 0.183. The number of piperidine rings is 1. The third-order valence-corrected chi connectivity index (χ3v) is 5.90. The number of carbonyl (C=O) groups excluding carboxylic acids is 3. The van der Waals surface area contributed by atoms with Crippen LogP contribution in [0.4, 0.5) is 0 Å². The molecule has 1 N–H and O–H groups in total. The molecule has 0 amide bonds. The molecule has 1 aliphatic heterocycles. The fourth-order valence-corrected chi connectivity index (χ4v) is 3.17. The van der Waals surface area contributed by atoms with Crippen LogP contribution in [-0.2, 0) is 28.6 Å². The van der Waals surface area contributed by atoms with Gasteiger partial charge in [-0.2, -0.15) is 0 Å². The third-order valence-electron chi connectivity index (χ3n) is 4.89. The topological polar surface area (TPSA) is 90.9 Å². The molecule has 162 valence electrons. The molecule has 0 radical (unpaired) electrons. The monoisotopic (exact) mass is 623 g/mol. The molecule has 1 fully saturated rings. The third kappa shape index (κ3) is 7.92. The molecule has 7 nitrogen and oxygen atoms in total. The van der Waals surface area contributed by atoms with Crippen molar-refractivity contribution in [2.45, 2.75) is 60.9 Å². The van der Waals surface area contributed by atoms with Crippen LogP contribution in [0.2, 0.25) is 0 Å². The van der Waals surface area contributed by atoms with Gasteiger partial charge in [0.2, 0.25) is 0 Å². The smallest absolute Gasteiger partial charge is 0.319 e. The van der Waals surface area contributed by atoms with Crippen molar-refractivity contribution in [1.82, 2.24) is 5.32 Å². The van der Waals surface area contributed by atoms with Crippen molar-refractivity contribution in [1.29, 1.82) is 0 Å². The minimum Gasteiger partial charge on any atom is -0.464 e. The van der Waals surface area contributed by atoms with Gasteiger partial charge < -0.3 is 19.5 Å². The highest BCUT2D eigenvalue weighted by molar-refractivity contribution is 14.1. The van der Waals surface area contributed by atoms with Crippen LogP contribution in [0.5, 0.6) is 0 Å². The highest BCUT2D eigenvalue weighted by atomic mass is 127. The molecule has 0 aromatic heterocycles. The Labute approximate surface area is 194 Å². The Bertz CT molecular complexity index is 535. The second kappa shape index (κ2) is 11.3. The first-order valence-corrected chi connectivity index (χ1v) is 11.9. The van der Waals surface area contributed by atoms with Crippen molar-refractivity contribution in [3.63, 3.8) is 0 Å². The van der Waals surface area contributed by atoms with Crippen LogP contribution in [0.1, 0.15) is 47.5 Å². The van der Waals surface area contributed by atoms with Crippen LogP contribution in [0.25, 0.3) is 0 Å².